The number of hydrogen-bond donors (Lipinski definition) is 1. The highest BCUT2D eigenvalue weighted by Gasteiger charge is 2.40. The molecular formula is C15H20N4O3. The SMILES string of the molecule is C=CCNC(=O)c1cc(N2CCC3(CC2)OCCO3)ncn1. The third-order valence-corrected chi connectivity index (χ3v) is 3.96. The van der Waals surface area contributed by atoms with E-state index < -0.39 is 5.79 Å². The Morgan fingerprint density at radius 1 is 1.36 bits per heavy atom. The fourth-order valence-electron chi connectivity index (χ4n) is 2.76. The molecule has 0 aromatic carbocycles. The summed E-state index contributed by atoms with van der Waals surface area (Å²) < 4.78 is 11.4. The second-order valence-electron chi connectivity index (χ2n) is 5.35. The highest BCUT2D eigenvalue weighted by molar-refractivity contribution is 5.92. The van der Waals surface area contributed by atoms with Gasteiger partial charge < -0.3 is 19.7 Å². The number of carbonyl (C=O) groups is 1. The van der Waals surface area contributed by atoms with Crippen LogP contribution in [0.3, 0.4) is 0 Å². The number of piperidine rings is 1. The van der Waals surface area contributed by atoms with Crippen molar-refractivity contribution in [1.82, 2.24) is 15.3 Å². The molecule has 1 aromatic rings. The maximum Gasteiger partial charge on any atom is 0.270 e. The predicted octanol–water partition coefficient (Wildman–Crippen LogP) is 0.736. The summed E-state index contributed by atoms with van der Waals surface area (Å²) in [6, 6.07) is 1.72. The molecule has 0 radical (unpaired) electrons. The van der Waals surface area contributed by atoms with Gasteiger partial charge in [0.05, 0.1) is 13.2 Å². The molecule has 7 nitrogen and oxygen atoms in total. The van der Waals surface area contributed by atoms with Crippen LogP contribution in [0, 0.1) is 0 Å². The van der Waals surface area contributed by atoms with Crippen LogP contribution in [0.2, 0.25) is 0 Å². The van der Waals surface area contributed by atoms with E-state index in [4.69, 9.17) is 9.47 Å². The maximum absolute atomic E-state index is 11.9. The summed E-state index contributed by atoms with van der Waals surface area (Å²) in [6.07, 6.45) is 4.65. The largest absolute Gasteiger partial charge is 0.356 e. The molecule has 7 heteroatoms. The van der Waals surface area contributed by atoms with Crippen molar-refractivity contribution in [2.24, 2.45) is 0 Å². The van der Waals surface area contributed by atoms with Crippen molar-refractivity contribution in [2.75, 3.05) is 37.7 Å². The molecule has 3 rings (SSSR count). The molecule has 0 unspecified atom stereocenters. The maximum atomic E-state index is 11.9. The molecule has 0 saturated carbocycles. The van der Waals surface area contributed by atoms with Crippen LogP contribution in [-0.2, 0) is 9.47 Å². The Labute approximate surface area is 129 Å². The first kappa shape index (κ1) is 14.9. The van der Waals surface area contributed by atoms with Crippen molar-refractivity contribution in [1.29, 1.82) is 0 Å². The number of aromatic nitrogens is 2. The Hall–Kier alpha value is -1.99. The lowest BCUT2D eigenvalue weighted by Crippen LogP contribution is -2.45. The molecule has 2 saturated heterocycles. The molecule has 1 aromatic heterocycles. The number of rotatable bonds is 4. The summed E-state index contributed by atoms with van der Waals surface area (Å²) in [5.41, 5.74) is 0.362. The molecular weight excluding hydrogens is 284 g/mol. The van der Waals surface area contributed by atoms with E-state index in [9.17, 15) is 4.79 Å². The van der Waals surface area contributed by atoms with Crippen LogP contribution in [0.5, 0.6) is 0 Å². The Balaban J connectivity index is 1.65. The van der Waals surface area contributed by atoms with Crippen molar-refractivity contribution in [3.63, 3.8) is 0 Å². The Bertz CT molecular complexity index is 547. The van der Waals surface area contributed by atoms with E-state index in [1.807, 2.05) is 0 Å². The molecule has 2 aliphatic heterocycles. The molecule has 118 valence electrons. The monoisotopic (exact) mass is 304 g/mol. The fraction of sp³-hybridized carbons (Fsp3) is 0.533. The number of hydrogen-bond acceptors (Lipinski definition) is 6. The van der Waals surface area contributed by atoms with Crippen LogP contribution in [0.15, 0.2) is 25.0 Å². The second-order valence-corrected chi connectivity index (χ2v) is 5.35. The van der Waals surface area contributed by atoms with Gasteiger partial charge in [-0.3, -0.25) is 4.79 Å². The van der Waals surface area contributed by atoms with E-state index >= 15 is 0 Å². The van der Waals surface area contributed by atoms with Crippen molar-refractivity contribution in [3.05, 3.63) is 30.7 Å². The van der Waals surface area contributed by atoms with E-state index in [0.717, 1.165) is 31.7 Å². The average Bonchev–Trinajstić information content (AvgIpc) is 3.01. The number of nitrogens with one attached hydrogen (secondary N) is 1. The molecule has 0 aliphatic carbocycles. The van der Waals surface area contributed by atoms with Crippen LogP contribution < -0.4 is 10.2 Å². The molecule has 22 heavy (non-hydrogen) atoms. The molecule has 2 aliphatic rings. The van der Waals surface area contributed by atoms with E-state index in [0.29, 0.717) is 25.5 Å². The molecule has 3 heterocycles. The quantitative estimate of drug-likeness (QED) is 0.827. The zero-order valence-electron chi connectivity index (χ0n) is 12.5. The molecule has 0 atom stereocenters. The number of carbonyl (C=O) groups excluding carboxylic acids is 1. The number of anilines is 1. The normalized spacial score (nSPS) is 20.1. The first-order chi connectivity index (χ1) is 10.7. The van der Waals surface area contributed by atoms with Gasteiger partial charge in [-0.15, -0.1) is 6.58 Å². The van der Waals surface area contributed by atoms with Crippen LogP contribution in [0.4, 0.5) is 5.82 Å². The van der Waals surface area contributed by atoms with Crippen molar-refractivity contribution < 1.29 is 14.3 Å². The summed E-state index contributed by atoms with van der Waals surface area (Å²) in [5.74, 6) is 0.124. The highest BCUT2D eigenvalue weighted by Crippen LogP contribution is 2.32. The molecule has 1 spiro atoms. The van der Waals surface area contributed by atoms with Gasteiger partial charge in [0.15, 0.2) is 5.79 Å². The van der Waals surface area contributed by atoms with E-state index in [1.54, 1.807) is 12.1 Å². The van der Waals surface area contributed by atoms with Gasteiger partial charge in [0.25, 0.3) is 5.91 Å². The van der Waals surface area contributed by atoms with E-state index in [1.165, 1.54) is 6.33 Å². The van der Waals surface area contributed by atoms with Crippen LogP contribution >= 0.6 is 0 Å². The topological polar surface area (TPSA) is 76.6 Å². The van der Waals surface area contributed by atoms with Crippen molar-refractivity contribution >= 4 is 11.7 Å². The number of nitrogens with zero attached hydrogens (tertiary/aromatic N) is 3. The third-order valence-electron chi connectivity index (χ3n) is 3.96. The van der Waals surface area contributed by atoms with Crippen LogP contribution in [-0.4, -0.2) is 54.5 Å². The molecule has 2 fully saturated rings. The lowest BCUT2D eigenvalue weighted by atomic mass is 10.0. The molecule has 0 bridgehead atoms. The van der Waals surface area contributed by atoms with Crippen molar-refractivity contribution in [2.45, 2.75) is 18.6 Å². The zero-order valence-corrected chi connectivity index (χ0v) is 12.5. The van der Waals surface area contributed by atoms with Gasteiger partial charge in [-0.1, -0.05) is 6.08 Å². The van der Waals surface area contributed by atoms with Crippen LogP contribution in [0.25, 0.3) is 0 Å². The van der Waals surface area contributed by atoms with Gasteiger partial charge in [0.1, 0.15) is 17.8 Å². The minimum absolute atomic E-state index is 0.223. The lowest BCUT2D eigenvalue weighted by Gasteiger charge is -2.38. The Kier molecular flexibility index (Phi) is 4.35. The van der Waals surface area contributed by atoms with Crippen LogP contribution in [0.1, 0.15) is 23.3 Å². The minimum Gasteiger partial charge on any atom is -0.356 e. The summed E-state index contributed by atoms with van der Waals surface area (Å²) in [6.45, 7) is 6.89. The third kappa shape index (κ3) is 3.10. The minimum atomic E-state index is -0.409. The summed E-state index contributed by atoms with van der Waals surface area (Å²) in [5, 5.41) is 2.71. The zero-order chi connectivity index (χ0) is 15.4. The first-order valence-corrected chi connectivity index (χ1v) is 7.46. The first-order valence-electron chi connectivity index (χ1n) is 7.46. The van der Waals surface area contributed by atoms with E-state index in [2.05, 4.69) is 26.8 Å². The van der Waals surface area contributed by atoms with Gasteiger partial charge in [-0.25, -0.2) is 9.97 Å². The highest BCUT2D eigenvalue weighted by atomic mass is 16.7. The Morgan fingerprint density at radius 3 is 2.77 bits per heavy atom. The smallest absolute Gasteiger partial charge is 0.270 e. The number of amides is 1. The number of ether oxygens (including phenoxy) is 2. The standard InChI is InChI=1S/C15H20N4O3/c1-2-5-16-14(20)12-10-13(18-11-17-12)19-6-3-15(4-7-19)21-8-9-22-15/h2,10-11H,1,3-9H2,(H,16,20). The summed E-state index contributed by atoms with van der Waals surface area (Å²) in [7, 11) is 0. The fourth-order valence-corrected chi connectivity index (χ4v) is 2.76. The summed E-state index contributed by atoms with van der Waals surface area (Å²) in [4.78, 5) is 22.4. The van der Waals surface area contributed by atoms with Crippen molar-refractivity contribution in [3.8, 4) is 0 Å². The lowest BCUT2D eigenvalue weighted by molar-refractivity contribution is -0.169. The van der Waals surface area contributed by atoms with Gasteiger partial charge in [0, 0.05) is 38.5 Å². The predicted molar refractivity (Wildman–Crippen MR) is 80.6 cm³/mol. The average molecular weight is 304 g/mol. The Morgan fingerprint density at radius 2 is 2.09 bits per heavy atom. The van der Waals surface area contributed by atoms with E-state index in [-0.39, 0.29) is 5.91 Å². The van der Waals surface area contributed by atoms with Gasteiger partial charge >= 0.3 is 0 Å². The van der Waals surface area contributed by atoms with Gasteiger partial charge in [-0.2, -0.15) is 0 Å². The molecule has 1 N–H and O–H groups in total. The summed E-state index contributed by atoms with van der Waals surface area (Å²) >= 11 is 0. The second kappa shape index (κ2) is 6.41. The van der Waals surface area contributed by atoms with Gasteiger partial charge in [-0.05, 0) is 0 Å². The van der Waals surface area contributed by atoms with Gasteiger partial charge in [0.2, 0.25) is 0 Å². The molecule has 1 amide bonds.